The maximum absolute atomic E-state index is 10.8. The highest BCUT2D eigenvalue weighted by molar-refractivity contribution is 4.45. The predicted molar refractivity (Wildman–Crippen MR) is 43.4 cm³/mol. The van der Waals surface area contributed by atoms with Crippen molar-refractivity contribution < 1.29 is 10.2 Å². The molecule has 0 saturated carbocycles. The third kappa shape index (κ3) is 3.97. The van der Waals surface area contributed by atoms with Gasteiger partial charge in [0.2, 0.25) is 5.28 Å². The highest BCUT2D eigenvalue weighted by Gasteiger charge is 2.09. The summed E-state index contributed by atoms with van der Waals surface area (Å²) in [4.78, 5) is 0.194. The predicted octanol–water partition coefficient (Wildman–Crippen LogP) is 0.314. The van der Waals surface area contributed by atoms with Gasteiger partial charge in [0.25, 0.3) is 0 Å². The third-order valence-electron chi connectivity index (χ3n) is 1.42. The SMILES string of the molecule is CCCN(CCCN)/[N+]([O-])=N\O. The Labute approximate surface area is 71.8 Å². The van der Waals surface area contributed by atoms with Crippen LogP contribution in [0.25, 0.3) is 0 Å². The smallest absolute Gasteiger partial charge is 0.230 e. The molecule has 0 heterocycles. The van der Waals surface area contributed by atoms with Crippen LogP contribution in [0.2, 0.25) is 0 Å². The maximum atomic E-state index is 10.8. The van der Waals surface area contributed by atoms with Crippen molar-refractivity contribution in [1.82, 2.24) is 5.01 Å². The van der Waals surface area contributed by atoms with E-state index in [1.54, 1.807) is 0 Å². The molecule has 6 heteroatoms. The van der Waals surface area contributed by atoms with Gasteiger partial charge in [-0.1, -0.05) is 6.92 Å². The van der Waals surface area contributed by atoms with Gasteiger partial charge in [-0.3, -0.25) is 0 Å². The summed E-state index contributed by atoms with van der Waals surface area (Å²) in [5, 5.41) is 22.9. The molecule has 0 unspecified atom stereocenters. The summed E-state index contributed by atoms with van der Waals surface area (Å²) < 4.78 is 0. The summed E-state index contributed by atoms with van der Waals surface area (Å²) >= 11 is 0. The van der Waals surface area contributed by atoms with Crippen LogP contribution in [0.1, 0.15) is 19.8 Å². The first-order valence-electron chi connectivity index (χ1n) is 4.03. The minimum atomic E-state index is 0.194. The van der Waals surface area contributed by atoms with Crippen LogP contribution < -0.4 is 5.73 Å². The van der Waals surface area contributed by atoms with Gasteiger partial charge in [-0.25, -0.2) is 0 Å². The van der Waals surface area contributed by atoms with Crippen LogP contribution in [0.15, 0.2) is 5.28 Å². The Morgan fingerprint density at radius 3 is 2.67 bits per heavy atom. The van der Waals surface area contributed by atoms with E-state index >= 15 is 0 Å². The molecule has 0 aliphatic carbocycles. The molecule has 6 nitrogen and oxygen atoms in total. The Hall–Kier alpha value is -1.04. The summed E-state index contributed by atoms with van der Waals surface area (Å²) in [6.45, 7) is 3.58. The maximum Gasteiger partial charge on any atom is 0.230 e. The van der Waals surface area contributed by atoms with Crippen molar-refractivity contribution in [3.05, 3.63) is 5.21 Å². The van der Waals surface area contributed by atoms with Gasteiger partial charge in [-0.05, 0) is 19.4 Å². The molecule has 72 valence electrons. The van der Waals surface area contributed by atoms with Crippen molar-refractivity contribution in [2.24, 2.45) is 11.0 Å². The van der Waals surface area contributed by atoms with Crippen LogP contribution in [-0.2, 0) is 0 Å². The first kappa shape index (κ1) is 11.0. The molecule has 0 aromatic carbocycles. The second kappa shape index (κ2) is 6.66. The van der Waals surface area contributed by atoms with Gasteiger partial charge in [-0.2, -0.15) is 0 Å². The van der Waals surface area contributed by atoms with Crippen molar-refractivity contribution in [2.45, 2.75) is 19.8 Å². The quantitative estimate of drug-likeness (QED) is 0.346. The van der Waals surface area contributed by atoms with E-state index in [2.05, 4.69) is 5.28 Å². The van der Waals surface area contributed by atoms with Gasteiger partial charge in [0.05, 0.1) is 18.1 Å². The number of nitrogens with two attached hydrogens (primary N) is 1. The molecule has 0 aliphatic heterocycles. The summed E-state index contributed by atoms with van der Waals surface area (Å²) in [6.07, 6.45) is 1.55. The molecule has 0 bridgehead atoms. The number of hydrogen-bond donors (Lipinski definition) is 2. The Morgan fingerprint density at radius 2 is 2.25 bits per heavy atom. The fraction of sp³-hybridized carbons (Fsp3) is 1.00. The van der Waals surface area contributed by atoms with Crippen molar-refractivity contribution in [3.63, 3.8) is 0 Å². The molecule has 0 fully saturated rings. The molecule has 0 aromatic rings. The topological polar surface area (TPSA) is 87.9 Å². The third-order valence-corrected chi connectivity index (χ3v) is 1.42. The van der Waals surface area contributed by atoms with Crippen molar-refractivity contribution >= 4 is 0 Å². The minimum absolute atomic E-state index is 0.194. The van der Waals surface area contributed by atoms with Gasteiger partial charge in [-0.15, -0.1) is 5.01 Å². The van der Waals surface area contributed by atoms with E-state index < -0.39 is 0 Å². The normalized spacial score (nSPS) is 11.7. The first-order chi connectivity index (χ1) is 5.76. The molecule has 0 radical (unpaired) electrons. The van der Waals surface area contributed by atoms with Crippen LogP contribution in [0.4, 0.5) is 0 Å². The monoisotopic (exact) mass is 176 g/mol. The minimum Gasteiger partial charge on any atom is -0.569 e. The molecule has 12 heavy (non-hydrogen) atoms. The van der Waals surface area contributed by atoms with Gasteiger partial charge in [0.1, 0.15) is 0 Å². The van der Waals surface area contributed by atoms with Crippen LogP contribution in [0, 0.1) is 5.21 Å². The molecule has 0 atom stereocenters. The summed E-state index contributed by atoms with van der Waals surface area (Å²) in [5.74, 6) is 0. The second-order valence-electron chi connectivity index (χ2n) is 2.44. The lowest BCUT2D eigenvalue weighted by atomic mass is 10.4. The zero-order valence-electron chi connectivity index (χ0n) is 7.31. The fourth-order valence-electron chi connectivity index (χ4n) is 0.871. The lowest BCUT2D eigenvalue weighted by Gasteiger charge is -2.15. The Kier molecular flexibility index (Phi) is 6.08. The number of rotatable bonds is 6. The molecule has 0 rings (SSSR count). The van der Waals surface area contributed by atoms with Gasteiger partial charge in [0, 0.05) is 0 Å². The zero-order chi connectivity index (χ0) is 9.40. The van der Waals surface area contributed by atoms with E-state index in [1.165, 1.54) is 5.01 Å². The summed E-state index contributed by atoms with van der Waals surface area (Å²) in [6, 6.07) is 0. The molecular weight excluding hydrogens is 160 g/mol. The fourth-order valence-corrected chi connectivity index (χ4v) is 0.871. The highest BCUT2D eigenvalue weighted by atomic mass is 16.6. The van der Waals surface area contributed by atoms with E-state index in [0.29, 0.717) is 26.1 Å². The molecule has 3 N–H and O–H groups in total. The van der Waals surface area contributed by atoms with Crippen molar-refractivity contribution in [1.29, 1.82) is 0 Å². The second-order valence-corrected chi connectivity index (χ2v) is 2.44. The average Bonchev–Trinajstić information content (AvgIpc) is 2.11. The van der Waals surface area contributed by atoms with Crippen LogP contribution in [-0.4, -0.2) is 34.8 Å². The van der Waals surface area contributed by atoms with Crippen molar-refractivity contribution in [2.75, 3.05) is 19.6 Å². The highest BCUT2D eigenvalue weighted by Crippen LogP contribution is 1.94. The molecule has 0 aliphatic rings. The Bertz CT molecular complexity index is 140. The molecule has 0 amide bonds. The van der Waals surface area contributed by atoms with Crippen LogP contribution in [0.5, 0.6) is 0 Å². The van der Waals surface area contributed by atoms with E-state index in [-0.39, 0.29) is 4.97 Å². The van der Waals surface area contributed by atoms with Gasteiger partial charge in [0.15, 0.2) is 0 Å². The summed E-state index contributed by atoms with van der Waals surface area (Å²) in [7, 11) is 0. The first-order valence-corrected chi connectivity index (χ1v) is 4.03. The zero-order valence-corrected chi connectivity index (χ0v) is 7.31. The van der Waals surface area contributed by atoms with Gasteiger partial charge < -0.3 is 16.1 Å². The number of hydrogen-bond acceptors (Lipinski definition) is 3. The molecular formula is C6H16N4O2. The molecule has 0 spiro atoms. The van der Waals surface area contributed by atoms with Crippen LogP contribution >= 0.6 is 0 Å². The summed E-state index contributed by atoms with van der Waals surface area (Å²) in [5.41, 5.74) is 5.27. The van der Waals surface area contributed by atoms with Crippen LogP contribution in [0.3, 0.4) is 0 Å². The van der Waals surface area contributed by atoms with E-state index in [4.69, 9.17) is 10.9 Å². The number of hydrazine groups is 1. The standard InChI is InChI=1S/C6H16N4O2/c1-2-5-9(6-3-4-7)10(12)8-11/h11H,2-7H2,1H3/b10-8+. The van der Waals surface area contributed by atoms with E-state index in [9.17, 15) is 5.21 Å². The molecule has 0 saturated heterocycles. The lowest BCUT2D eigenvalue weighted by Crippen LogP contribution is -2.33. The lowest BCUT2D eigenvalue weighted by molar-refractivity contribution is -0.709. The number of nitrogens with zero attached hydrogens (tertiary/aromatic N) is 3. The molecule has 0 aromatic heterocycles. The van der Waals surface area contributed by atoms with E-state index in [1.807, 2.05) is 6.92 Å². The van der Waals surface area contributed by atoms with E-state index in [0.717, 1.165) is 6.42 Å². The van der Waals surface area contributed by atoms with Gasteiger partial charge >= 0.3 is 0 Å². The Balaban J connectivity index is 3.85. The van der Waals surface area contributed by atoms with Crippen molar-refractivity contribution in [3.8, 4) is 0 Å². The average molecular weight is 176 g/mol. The Morgan fingerprint density at radius 1 is 1.58 bits per heavy atom. The largest absolute Gasteiger partial charge is 0.569 e.